The Balaban J connectivity index is 2.85. The van der Waals surface area contributed by atoms with Crippen molar-refractivity contribution in [3.63, 3.8) is 0 Å². The van der Waals surface area contributed by atoms with Gasteiger partial charge in [0.25, 0.3) is 0 Å². The largest absolute Gasteiger partial charge is 0.478 e. The molecular formula is C10H14FN3O4S. The SMILES string of the molecule is CNS(=O)(=O)CCNc1cc(C(=O)O)c(N)cc1F. The minimum atomic E-state index is -3.41. The maximum atomic E-state index is 13.5. The molecule has 5 N–H and O–H groups in total. The van der Waals surface area contributed by atoms with E-state index in [1.54, 1.807) is 0 Å². The number of hydrogen-bond donors (Lipinski definition) is 4. The number of rotatable bonds is 6. The second-order valence-corrected chi connectivity index (χ2v) is 5.72. The molecule has 1 aromatic rings. The van der Waals surface area contributed by atoms with Crippen LogP contribution in [-0.2, 0) is 10.0 Å². The van der Waals surface area contributed by atoms with E-state index >= 15 is 0 Å². The van der Waals surface area contributed by atoms with Gasteiger partial charge in [-0.15, -0.1) is 0 Å². The molecule has 1 aromatic carbocycles. The molecule has 0 aliphatic heterocycles. The number of halogens is 1. The zero-order valence-corrected chi connectivity index (χ0v) is 10.9. The van der Waals surface area contributed by atoms with Crippen molar-refractivity contribution in [2.45, 2.75) is 0 Å². The Morgan fingerprint density at radius 1 is 1.47 bits per heavy atom. The second kappa shape index (κ2) is 5.85. The highest BCUT2D eigenvalue weighted by Crippen LogP contribution is 2.22. The lowest BCUT2D eigenvalue weighted by Crippen LogP contribution is -2.26. The van der Waals surface area contributed by atoms with Gasteiger partial charge < -0.3 is 16.2 Å². The van der Waals surface area contributed by atoms with E-state index in [0.29, 0.717) is 0 Å². The number of benzene rings is 1. The highest BCUT2D eigenvalue weighted by atomic mass is 32.2. The van der Waals surface area contributed by atoms with Gasteiger partial charge in [-0.3, -0.25) is 0 Å². The summed E-state index contributed by atoms with van der Waals surface area (Å²) < 4.78 is 37.9. The molecule has 0 aromatic heterocycles. The first-order valence-electron chi connectivity index (χ1n) is 5.24. The zero-order valence-electron chi connectivity index (χ0n) is 10.1. The van der Waals surface area contributed by atoms with E-state index in [4.69, 9.17) is 10.8 Å². The van der Waals surface area contributed by atoms with Crippen LogP contribution < -0.4 is 15.8 Å². The molecule has 0 saturated heterocycles. The number of nitrogens with two attached hydrogens (primary N) is 1. The number of nitrogen functional groups attached to an aromatic ring is 1. The standard InChI is InChI=1S/C10H14FN3O4S/c1-13-19(17,18)3-2-14-9-4-6(10(15)16)8(12)5-7(9)11/h4-5,13-14H,2-3,12H2,1H3,(H,15,16). The molecule has 0 aliphatic carbocycles. The van der Waals surface area contributed by atoms with Crippen LogP contribution in [0.25, 0.3) is 0 Å². The molecule has 106 valence electrons. The van der Waals surface area contributed by atoms with Crippen LogP contribution in [0.1, 0.15) is 10.4 Å². The van der Waals surface area contributed by atoms with Crippen molar-refractivity contribution in [2.75, 3.05) is 30.4 Å². The second-order valence-electron chi connectivity index (χ2n) is 3.67. The lowest BCUT2D eigenvalue weighted by Gasteiger charge is -2.10. The van der Waals surface area contributed by atoms with Crippen LogP contribution in [0.15, 0.2) is 12.1 Å². The van der Waals surface area contributed by atoms with Crippen LogP contribution in [0.4, 0.5) is 15.8 Å². The van der Waals surface area contributed by atoms with Crippen LogP contribution in [0, 0.1) is 5.82 Å². The summed E-state index contributed by atoms with van der Waals surface area (Å²) in [5, 5.41) is 11.4. The highest BCUT2D eigenvalue weighted by Gasteiger charge is 2.14. The fraction of sp³-hybridized carbons (Fsp3) is 0.300. The molecule has 0 unspecified atom stereocenters. The molecule has 0 radical (unpaired) electrons. The van der Waals surface area contributed by atoms with Gasteiger partial charge in [0.1, 0.15) is 5.82 Å². The molecule has 0 spiro atoms. The van der Waals surface area contributed by atoms with Crippen LogP contribution in [0.2, 0.25) is 0 Å². The summed E-state index contributed by atoms with van der Waals surface area (Å²) in [6.45, 7) is -0.0664. The van der Waals surface area contributed by atoms with Crippen molar-refractivity contribution >= 4 is 27.4 Å². The third kappa shape index (κ3) is 4.07. The number of nitrogens with one attached hydrogen (secondary N) is 2. The Bertz CT molecular complexity index is 589. The number of anilines is 2. The van der Waals surface area contributed by atoms with E-state index in [9.17, 15) is 17.6 Å². The number of carboxylic acid groups (broad SMARTS) is 1. The predicted molar refractivity (Wildman–Crippen MR) is 69.1 cm³/mol. The Kier molecular flexibility index (Phi) is 4.67. The Labute approximate surface area is 109 Å². The number of sulfonamides is 1. The minimum Gasteiger partial charge on any atom is -0.478 e. The van der Waals surface area contributed by atoms with Crippen molar-refractivity contribution in [2.24, 2.45) is 0 Å². The van der Waals surface area contributed by atoms with Crippen molar-refractivity contribution < 1.29 is 22.7 Å². The lowest BCUT2D eigenvalue weighted by molar-refractivity contribution is 0.0698. The first kappa shape index (κ1) is 15.2. The first-order chi connectivity index (χ1) is 8.76. The summed E-state index contributed by atoms with van der Waals surface area (Å²) in [5.74, 6) is -2.30. The lowest BCUT2D eigenvalue weighted by atomic mass is 10.1. The van der Waals surface area contributed by atoms with Crippen LogP contribution in [0.3, 0.4) is 0 Å². The van der Waals surface area contributed by atoms with Crippen molar-refractivity contribution in [3.05, 3.63) is 23.5 Å². The molecule has 0 bridgehead atoms. The van der Waals surface area contributed by atoms with Gasteiger partial charge in [0.2, 0.25) is 10.0 Å². The summed E-state index contributed by atoms with van der Waals surface area (Å²) in [7, 11) is -2.15. The van der Waals surface area contributed by atoms with Gasteiger partial charge >= 0.3 is 5.97 Å². The highest BCUT2D eigenvalue weighted by molar-refractivity contribution is 7.89. The van der Waals surface area contributed by atoms with E-state index < -0.39 is 21.8 Å². The molecule has 1 rings (SSSR count). The topological polar surface area (TPSA) is 122 Å². The monoisotopic (exact) mass is 291 g/mol. The molecule has 0 fully saturated rings. The number of hydrogen-bond acceptors (Lipinski definition) is 5. The summed E-state index contributed by atoms with van der Waals surface area (Å²) >= 11 is 0. The van der Waals surface area contributed by atoms with Crippen molar-refractivity contribution in [1.29, 1.82) is 0 Å². The molecule has 0 heterocycles. The number of carbonyl (C=O) groups is 1. The number of carboxylic acids is 1. The van der Waals surface area contributed by atoms with Crippen LogP contribution in [0.5, 0.6) is 0 Å². The minimum absolute atomic E-state index is 0.0664. The van der Waals surface area contributed by atoms with Crippen LogP contribution in [-0.4, -0.2) is 38.8 Å². The molecule has 0 amide bonds. The predicted octanol–water partition coefficient (Wildman–Crippen LogP) is 0.0672. The van der Waals surface area contributed by atoms with E-state index in [-0.39, 0.29) is 29.2 Å². The van der Waals surface area contributed by atoms with Gasteiger partial charge in [-0.25, -0.2) is 22.3 Å². The molecule has 0 aliphatic rings. The Morgan fingerprint density at radius 2 is 2.11 bits per heavy atom. The molecule has 0 atom stereocenters. The normalized spacial score (nSPS) is 11.3. The first-order valence-corrected chi connectivity index (χ1v) is 6.89. The molecule has 9 heteroatoms. The summed E-state index contributed by atoms with van der Waals surface area (Å²) in [4.78, 5) is 10.8. The third-order valence-corrected chi connectivity index (χ3v) is 3.73. The maximum absolute atomic E-state index is 13.5. The zero-order chi connectivity index (χ0) is 14.6. The molecular weight excluding hydrogens is 277 g/mol. The van der Waals surface area contributed by atoms with Gasteiger partial charge in [-0.2, -0.15) is 0 Å². The van der Waals surface area contributed by atoms with E-state index in [2.05, 4.69) is 10.0 Å². The Hall–Kier alpha value is -1.87. The van der Waals surface area contributed by atoms with Gasteiger partial charge in [-0.1, -0.05) is 0 Å². The quantitative estimate of drug-likeness (QED) is 0.550. The smallest absolute Gasteiger partial charge is 0.337 e. The maximum Gasteiger partial charge on any atom is 0.337 e. The van der Waals surface area contributed by atoms with Gasteiger partial charge in [0.05, 0.1) is 17.0 Å². The van der Waals surface area contributed by atoms with Gasteiger partial charge in [0, 0.05) is 12.2 Å². The van der Waals surface area contributed by atoms with E-state index in [1.807, 2.05) is 0 Å². The Morgan fingerprint density at radius 3 is 2.63 bits per heavy atom. The molecule has 0 saturated carbocycles. The average Bonchev–Trinajstić information content (AvgIpc) is 2.31. The molecule has 19 heavy (non-hydrogen) atoms. The average molecular weight is 291 g/mol. The number of aromatic carboxylic acids is 1. The molecule has 7 nitrogen and oxygen atoms in total. The van der Waals surface area contributed by atoms with Crippen molar-refractivity contribution in [3.8, 4) is 0 Å². The van der Waals surface area contributed by atoms with E-state index in [0.717, 1.165) is 12.1 Å². The summed E-state index contributed by atoms with van der Waals surface area (Å²) in [6, 6.07) is 1.90. The summed E-state index contributed by atoms with van der Waals surface area (Å²) in [5.41, 5.74) is 4.80. The van der Waals surface area contributed by atoms with Gasteiger partial charge in [0.15, 0.2) is 0 Å². The fourth-order valence-corrected chi connectivity index (χ4v) is 1.91. The van der Waals surface area contributed by atoms with Crippen LogP contribution >= 0.6 is 0 Å². The van der Waals surface area contributed by atoms with E-state index in [1.165, 1.54) is 7.05 Å². The fourth-order valence-electron chi connectivity index (χ4n) is 1.33. The van der Waals surface area contributed by atoms with Crippen molar-refractivity contribution in [1.82, 2.24) is 4.72 Å². The third-order valence-electron chi connectivity index (χ3n) is 2.37. The summed E-state index contributed by atoms with van der Waals surface area (Å²) in [6.07, 6.45) is 0. The van der Waals surface area contributed by atoms with Gasteiger partial charge in [-0.05, 0) is 19.2 Å².